The lowest BCUT2D eigenvalue weighted by molar-refractivity contribution is 0.310. The molecule has 20 heavy (non-hydrogen) atoms. The highest BCUT2D eigenvalue weighted by molar-refractivity contribution is 5.61. The van der Waals surface area contributed by atoms with Crippen molar-refractivity contribution in [2.75, 3.05) is 38.1 Å². The summed E-state index contributed by atoms with van der Waals surface area (Å²) in [5.41, 5.74) is 2.86. The Morgan fingerprint density at radius 3 is 2.30 bits per heavy atom. The first-order valence-corrected chi connectivity index (χ1v) is 6.94. The van der Waals surface area contributed by atoms with Gasteiger partial charge in [-0.15, -0.1) is 10.2 Å². The second kappa shape index (κ2) is 5.54. The summed E-state index contributed by atoms with van der Waals surface area (Å²) in [6.07, 6.45) is 0. The molecule has 0 N–H and O–H groups in total. The Hall–Kier alpha value is -2.01. The van der Waals surface area contributed by atoms with Crippen LogP contribution in [0.5, 0.6) is 0 Å². The minimum atomic E-state index is 0.746. The molecule has 0 amide bonds. The predicted octanol–water partition coefficient (Wildman–Crippen LogP) is 1.60. The van der Waals surface area contributed by atoms with Crippen LogP contribution in [0.15, 0.2) is 30.3 Å². The molecule has 1 fully saturated rings. The molecule has 0 bridgehead atoms. The molecule has 0 radical (unpaired) electrons. The summed E-state index contributed by atoms with van der Waals surface area (Å²) < 4.78 is 0. The van der Waals surface area contributed by atoms with Crippen LogP contribution in [0.3, 0.4) is 0 Å². The van der Waals surface area contributed by atoms with Crippen LogP contribution < -0.4 is 4.90 Å². The monoisotopic (exact) mass is 269 g/mol. The lowest BCUT2D eigenvalue weighted by Crippen LogP contribution is -2.45. The molecular weight excluding hydrogens is 250 g/mol. The zero-order valence-corrected chi connectivity index (χ0v) is 12.0. The van der Waals surface area contributed by atoms with E-state index in [9.17, 15) is 0 Å². The fraction of sp³-hybridized carbons (Fsp3) is 0.400. The van der Waals surface area contributed by atoms with Crippen molar-refractivity contribution in [1.82, 2.24) is 20.1 Å². The first-order chi connectivity index (χ1) is 9.74. The maximum absolute atomic E-state index is 4.63. The van der Waals surface area contributed by atoms with E-state index >= 15 is 0 Å². The number of piperazine rings is 1. The fourth-order valence-corrected chi connectivity index (χ4v) is 2.40. The van der Waals surface area contributed by atoms with Gasteiger partial charge in [0.2, 0.25) is 5.95 Å². The lowest BCUT2D eigenvalue weighted by Gasteiger charge is -2.32. The molecule has 0 aliphatic carbocycles. The molecule has 0 saturated carbocycles. The third-order valence-electron chi connectivity index (χ3n) is 3.68. The molecule has 5 nitrogen and oxygen atoms in total. The number of likely N-dealkylation sites (N-methyl/N-ethyl adjacent to an activating group) is 1. The molecule has 1 aromatic heterocycles. The molecule has 1 aliphatic rings. The molecule has 2 heterocycles. The number of rotatable bonds is 2. The molecule has 104 valence electrons. The third kappa shape index (κ3) is 2.63. The van der Waals surface area contributed by atoms with E-state index in [1.54, 1.807) is 0 Å². The van der Waals surface area contributed by atoms with Crippen molar-refractivity contribution >= 4 is 5.95 Å². The summed E-state index contributed by atoms with van der Waals surface area (Å²) in [7, 11) is 2.14. The zero-order chi connectivity index (χ0) is 13.9. The topological polar surface area (TPSA) is 45.2 Å². The summed E-state index contributed by atoms with van der Waals surface area (Å²) >= 11 is 0. The van der Waals surface area contributed by atoms with Gasteiger partial charge in [-0.05, 0) is 14.0 Å². The van der Waals surface area contributed by atoms with Gasteiger partial charge in [-0.1, -0.05) is 30.3 Å². The number of aromatic nitrogens is 3. The van der Waals surface area contributed by atoms with Gasteiger partial charge in [-0.25, -0.2) is 4.98 Å². The van der Waals surface area contributed by atoms with Crippen molar-refractivity contribution in [2.45, 2.75) is 6.92 Å². The van der Waals surface area contributed by atoms with Crippen LogP contribution >= 0.6 is 0 Å². The van der Waals surface area contributed by atoms with Crippen molar-refractivity contribution in [3.8, 4) is 11.3 Å². The number of anilines is 1. The van der Waals surface area contributed by atoms with E-state index in [1.165, 1.54) is 0 Å². The van der Waals surface area contributed by atoms with Crippen molar-refractivity contribution in [1.29, 1.82) is 0 Å². The van der Waals surface area contributed by atoms with Gasteiger partial charge in [-0.2, -0.15) is 0 Å². The van der Waals surface area contributed by atoms with Crippen LogP contribution in [0, 0.1) is 6.92 Å². The number of hydrogen-bond donors (Lipinski definition) is 0. The van der Waals surface area contributed by atoms with Crippen molar-refractivity contribution in [3.05, 3.63) is 36.0 Å². The zero-order valence-electron chi connectivity index (χ0n) is 12.0. The number of nitrogens with zero attached hydrogens (tertiary/aromatic N) is 5. The molecule has 0 unspecified atom stereocenters. The first-order valence-electron chi connectivity index (χ1n) is 6.94. The number of benzene rings is 1. The van der Waals surface area contributed by atoms with Crippen LogP contribution in [-0.4, -0.2) is 53.3 Å². The van der Waals surface area contributed by atoms with Crippen LogP contribution in [0.2, 0.25) is 0 Å². The van der Waals surface area contributed by atoms with E-state index < -0.39 is 0 Å². The van der Waals surface area contributed by atoms with E-state index in [2.05, 4.69) is 32.0 Å². The van der Waals surface area contributed by atoms with E-state index in [-0.39, 0.29) is 0 Å². The molecule has 2 aromatic rings. The highest BCUT2D eigenvalue weighted by Crippen LogP contribution is 2.20. The summed E-state index contributed by atoms with van der Waals surface area (Å²) in [5, 5.41) is 8.69. The lowest BCUT2D eigenvalue weighted by atomic mass is 10.1. The number of hydrogen-bond acceptors (Lipinski definition) is 5. The summed E-state index contributed by atoms with van der Waals surface area (Å²) in [4.78, 5) is 9.15. The van der Waals surface area contributed by atoms with E-state index in [1.807, 2.05) is 37.3 Å². The molecule has 3 rings (SSSR count). The number of aryl methyl sites for hydroxylation is 1. The largest absolute Gasteiger partial charge is 0.337 e. The van der Waals surface area contributed by atoms with Gasteiger partial charge < -0.3 is 9.80 Å². The van der Waals surface area contributed by atoms with Crippen LogP contribution in [0.25, 0.3) is 11.3 Å². The summed E-state index contributed by atoms with van der Waals surface area (Å²) in [6.45, 7) is 6.01. The molecule has 1 aromatic carbocycles. The van der Waals surface area contributed by atoms with Gasteiger partial charge in [-0.3, -0.25) is 0 Å². The third-order valence-corrected chi connectivity index (χ3v) is 3.68. The Bertz CT molecular complexity index is 576. The first kappa shape index (κ1) is 13.0. The maximum atomic E-state index is 4.63. The van der Waals surface area contributed by atoms with Gasteiger partial charge in [0.25, 0.3) is 0 Å². The van der Waals surface area contributed by atoms with Crippen LogP contribution in [0.4, 0.5) is 5.95 Å². The second-order valence-electron chi connectivity index (χ2n) is 5.20. The van der Waals surface area contributed by atoms with Crippen LogP contribution in [-0.2, 0) is 0 Å². The molecule has 5 heteroatoms. The summed E-state index contributed by atoms with van der Waals surface area (Å²) in [6, 6.07) is 10.1. The minimum absolute atomic E-state index is 0.746. The smallest absolute Gasteiger partial charge is 0.245 e. The van der Waals surface area contributed by atoms with Gasteiger partial charge >= 0.3 is 0 Å². The van der Waals surface area contributed by atoms with E-state index in [0.29, 0.717) is 0 Å². The minimum Gasteiger partial charge on any atom is -0.337 e. The normalized spacial score (nSPS) is 16.4. The highest BCUT2D eigenvalue weighted by atomic mass is 15.4. The summed E-state index contributed by atoms with van der Waals surface area (Å²) in [5.74, 6) is 0.746. The second-order valence-corrected chi connectivity index (χ2v) is 5.20. The van der Waals surface area contributed by atoms with Crippen molar-refractivity contribution < 1.29 is 0 Å². The average molecular weight is 269 g/mol. The molecule has 0 spiro atoms. The van der Waals surface area contributed by atoms with Crippen LogP contribution in [0.1, 0.15) is 5.69 Å². The quantitative estimate of drug-likeness (QED) is 0.828. The molecule has 1 saturated heterocycles. The van der Waals surface area contributed by atoms with E-state index in [0.717, 1.165) is 49.1 Å². The van der Waals surface area contributed by atoms with Gasteiger partial charge in [0.1, 0.15) is 5.69 Å². The Morgan fingerprint density at radius 1 is 0.950 bits per heavy atom. The van der Waals surface area contributed by atoms with Crippen molar-refractivity contribution in [3.63, 3.8) is 0 Å². The molecule has 1 aliphatic heterocycles. The molecule has 0 atom stereocenters. The van der Waals surface area contributed by atoms with Crippen molar-refractivity contribution in [2.24, 2.45) is 0 Å². The standard InChI is InChI=1S/C15H19N5/c1-12-14(13-6-4-3-5-7-13)17-18-15(16-12)20-10-8-19(2)9-11-20/h3-7H,8-11H2,1-2H3. The predicted molar refractivity (Wildman–Crippen MR) is 79.7 cm³/mol. The van der Waals surface area contributed by atoms with Gasteiger partial charge in [0.15, 0.2) is 0 Å². The SMILES string of the molecule is Cc1nc(N2CCN(C)CC2)nnc1-c1ccccc1. The van der Waals surface area contributed by atoms with E-state index in [4.69, 9.17) is 0 Å². The average Bonchev–Trinajstić information content (AvgIpc) is 2.49. The Kier molecular flexibility index (Phi) is 3.60. The Balaban J connectivity index is 1.84. The fourth-order valence-electron chi connectivity index (χ4n) is 2.40. The molecular formula is C15H19N5. The Morgan fingerprint density at radius 2 is 1.65 bits per heavy atom. The highest BCUT2D eigenvalue weighted by Gasteiger charge is 2.18. The van der Waals surface area contributed by atoms with Gasteiger partial charge in [0.05, 0.1) is 5.69 Å². The Labute approximate surface area is 119 Å². The maximum Gasteiger partial charge on any atom is 0.245 e. The van der Waals surface area contributed by atoms with Gasteiger partial charge in [0, 0.05) is 31.7 Å².